The van der Waals surface area contributed by atoms with Crippen molar-refractivity contribution in [2.24, 2.45) is 0 Å². The summed E-state index contributed by atoms with van der Waals surface area (Å²) in [4.78, 5) is 2.47. The van der Waals surface area contributed by atoms with Crippen molar-refractivity contribution < 1.29 is 9.47 Å². The molecule has 0 atom stereocenters. The SMILES string of the molecule is CC1(C)c2ccccc2-c2ccc(N(c3ccc(-c4ccc5c(c4)-c4ccccc4C54c5ccccc5Oc5ccccc54)cc3)c3ccc4c(c3)C3(c5ccccc5Oc5ccccc53)c3ccccc3-4)cc21. The highest BCUT2D eigenvalue weighted by atomic mass is 16.5. The Labute approximate surface area is 431 Å². The van der Waals surface area contributed by atoms with Crippen molar-refractivity contribution in [3.63, 3.8) is 0 Å². The van der Waals surface area contributed by atoms with Gasteiger partial charge < -0.3 is 14.4 Å². The maximum Gasteiger partial charge on any atom is 0.132 e. The lowest BCUT2D eigenvalue weighted by Crippen LogP contribution is -2.32. The fourth-order valence-electron chi connectivity index (χ4n) is 14.1. The van der Waals surface area contributed by atoms with Crippen molar-refractivity contribution in [2.45, 2.75) is 30.1 Å². The van der Waals surface area contributed by atoms with Crippen LogP contribution in [-0.4, -0.2) is 0 Å². The Morgan fingerprint density at radius 2 is 0.608 bits per heavy atom. The second-order valence-corrected chi connectivity index (χ2v) is 21.1. The first-order valence-corrected chi connectivity index (χ1v) is 25.8. The quantitative estimate of drug-likeness (QED) is 0.175. The second-order valence-electron chi connectivity index (χ2n) is 21.1. The molecule has 11 aromatic carbocycles. The Morgan fingerprint density at radius 1 is 0.257 bits per heavy atom. The molecule has 16 rings (SSSR count). The third-order valence-corrected chi connectivity index (χ3v) is 17.2. The number of hydrogen-bond donors (Lipinski definition) is 0. The zero-order valence-corrected chi connectivity index (χ0v) is 40.9. The fourth-order valence-corrected chi connectivity index (χ4v) is 14.1. The lowest BCUT2D eigenvalue weighted by molar-refractivity contribution is 0.436. The van der Waals surface area contributed by atoms with E-state index in [9.17, 15) is 0 Å². The number of hydrogen-bond acceptors (Lipinski definition) is 3. The molecule has 0 bridgehead atoms. The van der Waals surface area contributed by atoms with E-state index in [1.54, 1.807) is 0 Å². The Morgan fingerprint density at radius 3 is 1.14 bits per heavy atom. The van der Waals surface area contributed by atoms with Crippen LogP contribution in [0, 0.1) is 0 Å². The van der Waals surface area contributed by atoms with Crippen LogP contribution in [0.15, 0.2) is 249 Å². The molecular weight excluding hydrogens is 899 g/mol. The van der Waals surface area contributed by atoms with Crippen molar-refractivity contribution >= 4 is 17.1 Å². The molecule has 0 amide bonds. The predicted molar refractivity (Wildman–Crippen MR) is 299 cm³/mol. The van der Waals surface area contributed by atoms with E-state index in [0.717, 1.165) is 56.8 Å². The molecule has 3 heteroatoms. The molecule has 3 nitrogen and oxygen atoms in total. The average molecular weight is 946 g/mol. The summed E-state index contributed by atoms with van der Waals surface area (Å²) in [6.07, 6.45) is 0. The van der Waals surface area contributed by atoms with E-state index in [0.29, 0.717) is 0 Å². The lowest BCUT2D eigenvalue weighted by Gasteiger charge is -2.39. The molecular formula is C71H47NO2. The molecule has 74 heavy (non-hydrogen) atoms. The van der Waals surface area contributed by atoms with Gasteiger partial charge in [0.05, 0.1) is 10.8 Å². The van der Waals surface area contributed by atoms with E-state index < -0.39 is 10.8 Å². The number of anilines is 3. The topological polar surface area (TPSA) is 21.7 Å². The van der Waals surface area contributed by atoms with Crippen LogP contribution in [-0.2, 0) is 16.2 Å². The second kappa shape index (κ2) is 14.9. The normalized spacial score (nSPS) is 15.2. The minimum Gasteiger partial charge on any atom is -0.457 e. The zero-order valence-electron chi connectivity index (χ0n) is 40.9. The van der Waals surface area contributed by atoms with Gasteiger partial charge in [0.25, 0.3) is 0 Å². The molecule has 0 fully saturated rings. The van der Waals surface area contributed by atoms with E-state index in [4.69, 9.17) is 9.47 Å². The Kier molecular flexibility index (Phi) is 8.37. The number of para-hydroxylation sites is 4. The van der Waals surface area contributed by atoms with E-state index >= 15 is 0 Å². The fraction of sp³-hybridized carbons (Fsp3) is 0.0704. The van der Waals surface area contributed by atoms with Crippen molar-refractivity contribution in [3.05, 3.63) is 304 Å². The van der Waals surface area contributed by atoms with Crippen LogP contribution < -0.4 is 14.4 Å². The van der Waals surface area contributed by atoms with Gasteiger partial charge in [0.15, 0.2) is 0 Å². The molecule has 0 radical (unpaired) electrons. The summed E-state index contributed by atoms with van der Waals surface area (Å²) in [5, 5.41) is 0. The largest absolute Gasteiger partial charge is 0.457 e. The summed E-state index contributed by atoms with van der Waals surface area (Å²) in [5.41, 5.74) is 24.4. The first-order chi connectivity index (χ1) is 36.4. The number of fused-ring (bicyclic) bond motifs is 21. The summed E-state index contributed by atoms with van der Waals surface area (Å²) < 4.78 is 13.3. The third kappa shape index (κ3) is 5.30. The Hall–Kier alpha value is -9.18. The average Bonchev–Trinajstić information content (AvgIpc) is 4.07. The van der Waals surface area contributed by atoms with Crippen molar-refractivity contribution in [1.82, 2.24) is 0 Å². The maximum absolute atomic E-state index is 6.73. The van der Waals surface area contributed by atoms with E-state index in [-0.39, 0.29) is 5.41 Å². The molecule has 2 heterocycles. The van der Waals surface area contributed by atoms with Gasteiger partial charge >= 0.3 is 0 Å². The van der Waals surface area contributed by atoms with Gasteiger partial charge in [-0.2, -0.15) is 0 Å². The smallest absolute Gasteiger partial charge is 0.132 e. The van der Waals surface area contributed by atoms with Crippen LogP contribution in [0.5, 0.6) is 23.0 Å². The van der Waals surface area contributed by atoms with Crippen LogP contribution >= 0.6 is 0 Å². The van der Waals surface area contributed by atoms with Crippen molar-refractivity contribution in [1.29, 1.82) is 0 Å². The molecule has 11 aromatic rings. The molecule has 0 saturated carbocycles. The number of rotatable bonds is 4. The summed E-state index contributed by atoms with van der Waals surface area (Å²) in [6, 6.07) is 91.9. The molecule has 0 unspecified atom stereocenters. The summed E-state index contributed by atoms with van der Waals surface area (Å²) >= 11 is 0. The predicted octanol–water partition coefficient (Wildman–Crippen LogP) is 18.1. The number of nitrogens with zero attached hydrogens (tertiary/aromatic N) is 1. The van der Waals surface area contributed by atoms with Gasteiger partial charge in [-0.15, -0.1) is 0 Å². The van der Waals surface area contributed by atoms with Gasteiger partial charge in [-0.25, -0.2) is 0 Å². The monoisotopic (exact) mass is 945 g/mol. The van der Waals surface area contributed by atoms with Crippen LogP contribution in [0.25, 0.3) is 44.5 Å². The van der Waals surface area contributed by atoms with Gasteiger partial charge in [-0.3, -0.25) is 0 Å². The Balaban J connectivity index is 0.874. The van der Waals surface area contributed by atoms with Crippen LogP contribution in [0.1, 0.15) is 69.5 Å². The maximum atomic E-state index is 6.73. The number of benzene rings is 11. The zero-order chi connectivity index (χ0) is 48.9. The molecule has 3 aliphatic carbocycles. The van der Waals surface area contributed by atoms with Gasteiger partial charge in [-0.05, 0) is 145 Å². The minimum atomic E-state index is -0.593. The summed E-state index contributed by atoms with van der Waals surface area (Å²) in [6.45, 7) is 4.74. The summed E-state index contributed by atoms with van der Waals surface area (Å²) in [5.74, 6) is 3.58. The minimum absolute atomic E-state index is 0.170. The van der Waals surface area contributed by atoms with Gasteiger partial charge in [0.2, 0.25) is 0 Å². The van der Waals surface area contributed by atoms with Gasteiger partial charge in [0, 0.05) is 44.7 Å². The van der Waals surface area contributed by atoms with Crippen LogP contribution in [0.3, 0.4) is 0 Å². The van der Waals surface area contributed by atoms with E-state index in [2.05, 4.69) is 267 Å². The van der Waals surface area contributed by atoms with Gasteiger partial charge in [0.1, 0.15) is 23.0 Å². The third-order valence-electron chi connectivity index (χ3n) is 17.2. The molecule has 5 aliphatic rings. The van der Waals surface area contributed by atoms with Crippen LogP contribution in [0.4, 0.5) is 17.1 Å². The summed E-state index contributed by atoms with van der Waals surface area (Å²) in [7, 11) is 0. The van der Waals surface area contributed by atoms with Crippen LogP contribution in [0.2, 0.25) is 0 Å². The standard InChI is InChI=1S/C71H47NO2/c1-69(2)55-20-6-3-17-49(55)52-38-36-47(42-63(52)69)72(48-37-39-53-50-18-4-7-21-56(50)71(64(53)43-48)61-25-11-15-29-67(61)74-68-30-16-12-26-62(68)71)46-34-31-44(32-35-46)45-33-40-58-54(41-45)51-19-5-8-22-57(51)70(58)59-23-9-13-27-65(59)73-66-28-14-10-24-60(66)70/h3-43H,1-2H3. The molecule has 2 aliphatic heterocycles. The van der Waals surface area contributed by atoms with Crippen molar-refractivity contribution in [3.8, 4) is 67.5 Å². The number of ether oxygens (including phenoxy) is 2. The first-order valence-electron chi connectivity index (χ1n) is 25.8. The van der Waals surface area contributed by atoms with E-state index in [1.807, 2.05) is 0 Å². The molecule has 0 saturated heterocycles. The first kappa shape index (κ1) is 41.4. The van der Waals surface area contributed by atoms with E-state index in [1.165, 1.54) is 83.5 Å². The highest BCUT2D eigenvalue weighted by Gasteiger charge is 2.53. The molecule has 2 spiro atoms. The molecule has 0 aromatic heterocycles. The molecule has 348 valence electrons. The Bertz CT molecular complexity index is 4110. The van der Waals surface area contributed by atoms with Gasteiger partial charge in [-0.1, -0.05) is 196 Å². The molecule has 0 N–H and O–H groups in total. The van der Waals surface area contributed by atoms with Crippen molar-refractivity contribution in [2.75, 3.05) is 4.90 Å². The highest BCUT2D eigenvalue weighted by molar-refractivity contribution is 5.94. The highest BCUT2D eigenvalue weighted by Crippen LogP contribution is 2.64. The lowest BCUT2D eigenvalue weighted by atomic mass is 9.66.